The number of benzene rings is 1. The molecule has 0 fully saturated rings. The highest BCUT2D eigenvalue weighted by Crippen LogP contribution is 2.30. The Bertz CT molecular complexity index is 885. The highest BCUT2D eigenvalue weighted by molar-refractivity contribution is 6.03. The molecule has 7 heteroatoms. The molecule has 1 amide bonds. The minimum Gasteiger partial charge on any atom is -0.365 e. The Labute approximate surface area is 125 Å². The number of rotatable bonds is 4. The first-order valence-electron chi connectivity index (χ1n) is 6.57. The minimum absolute atomic E-state index is 0.224. The molecular weight excluding hydrogens is 282 g/mol. The van der Waals surface area contributed by atoms with Crippen LogP contribution < -0.4 is 11.1 Å². The van der Waals surface area contributed by atoms with E-state index >= 15 is 0 Å². The molecule has 110 valence electrons. The fourth-order valence-corrected chi connectivity index (χ4v) is 2.26. The number of nitrogens with zero attached hydrogens (tertiary/aromatic N) is 3. The largest absolute Gasteiger partial charge is 0.365 e. The van der Waals surface area contributed by atoms with Crippen LogP contribution >= 0.6 is 0 Å². The van der Waals surface area contributed by atoms with E-state index in [0.29, 0.717) is 11.2 Å². The van der Waals surface area contributed by atoms with Gasteiger partial charge in [-0.3, -0.25) is 4.79 Å². The third kappa shape index (κ3) is 2.28. The van der Waals surface area contributed by atoms with Crippen molar-refractivity contribution in [2.75, 3.05) is 5.32 Å². The van der Waals surface area contributed by atoms with Crippen LogP contribution in [0.4, 0.5) is 17.1 Å². The third-order valence-electron chi connectivity index (χ3n) is 3.40. The van der Waals surface area contributed by atoms with Crippen LogP contribution in [0, 0.1) is 11.8 Å². The van der Waals surface area contributed by atoms with Crippen molar-refractivity contribution < 1.29 is 4.79 Å². The van der Waals surface area contributed by atoms with Crippen molar-refractivity contribution in [3.63, 3.8) is 0 Å². The monoisotopic (exact) mass is 295 g/mol. The molecule has 0 radical (unpaired) electrons. The lowest BCUT2D eigenvalue weighted by molar-refractivity contribution is 0.100. The molecule has 3 N–H and O–H groups in total. The van der Waals surface area contributed by atoms with Crippen molar-refractivity contribution in [2.45, 2.75) is 6.92 Å². The second kappa shape index (κ2) is 5.28. The average molecular weight is 295 g/mol. The summed E-state index contributed by atoms with van der Waals surface area (Å²) in [6.45, 7) is 1.95. The van der Waals surface area contributed by atoms with Crippen LogP contribution in [0.1, 0.15) is 15.9 Å². The number of anilines is 2. The standard InChI is InChI=1S/C15H13N5O2/c1-9-4-2-3-5-12(9)18-14-11(15(16)21)7-17-20-8-10(19-22)6-13(14)20/h2-8,18H,1H3,(H2,16,21). The molecule has 0 spiro atoms. The van der Waals surface area contributed by atoms with Crippen molar-refractivity contribution in [1.82, 2.24) is 9.61 Å². The molecule has 3 rings (SSSR count). The number of nitrogens with one attached hydrogen (secondary N) is 1. The number of fused-ring (bicyclic) bond motifs is 1. The molecule has 0 aliphatic heterocycles. The lowest BCUT2D eigenvalue weighted by Crippen LogP contribution is -2.15. The summed E-state index contributed by atoms with van der Waals surface area (Å²) in [5.74, 6) is -0.604. The Balaban J connectivity index is 2.22. The van der Waals surface area contributed by atoms with Gasteiger partial charge < -0.3 is 11.1 Å². The van der Waals surface area contributed by atoms with E-state index in [-0.39, 0.29) is 11.3 Å². The summed E-state index contributed by atoms with van der Waals surface area (Å²) >= 11 is 0. The van der Waals surface area contributed by atoms with Gasteiger partial charge in [0.15, 0.2) is 0 Å². The maximum Gasteiger partial charge on any atom is 0.252 e. The second-order valence-electron chi connectivity index (χ2n) is 4.86. The van der Waals surface area contributed by atoms with Crippen LogP contribution in [0.3, 0.4) is 0 Å². The van der Waals surface area contributed by atoms with Gasteiger partial charge in [0.05, 0.1) is 29.2 Å². The summed E-state index contributed by atoms with van der Waals surface area (Å²) in [5.41, 5.74) is 8.77. The zero-order valence-electron chi connectivity index (χ0n) is 11.8. The summed E-state index contributed by atoms with van der Waals surface area (Å²) in [5, 5.41) is 10.2. The number of aryl methyl sites for hydroxylation is 1. The van der Waals surface area contributed by atoms with Crippen molar-refractivity contribution in [3.05, 3.63) is 58.8 Å². The number of amides is 1. The first kappa shape index (κ1) is 13.7. The van der Waals surface area contributed by atoms with Gasteiger partial charge in [-0.2, -0.15) is 5.10 Å². The van der Waals surface area contributed by atoms with Crippen molar-refractivity contribution in [1.29, 1.82) is 0 Å². The Kier molecular flexibility index (Phi) is 3.30. The lowest BCUT2D eigenvalue weighted by Gasteiger charge is -2.13. The highest BCUT2D eigenvalue weighted by atomic mass is 16.3. The van der Waals surface area contributed by atoms with Crippen LogP contribution in [0.15, 0.2) is 47.9 Å². The Morgan fingerprint density at radius 1 is 1.36 bits per heavy atom. The zero-order chi connectivity index (χ0) is 15.7. The van der Waals surface area contributed by atoms with Crippen LogP contribution in [-0.4, -0.2) is 15.5 Å². The minimum atomic E-state index is -0.604. The normalized spacial score (nSPS) is 10.6. The van der Waals surface area contributed by atoms with Gasteiger partial charge in [0.1, 0.15) is 5.69 Å². The van der Waals surface area contributed by atoms with Crippen molar-refractivity contribution >= 4 is 28.5 Å². The summed E-state index contributed by atoms with van der Waals surface area (Å²) in [4.78, 5) is 22.4. The van der Waals surface area contributed by atoms with Gasteiger partial charge in [0, 0.05) is 5.69 Å². The lowest BCUT2D eigenvalue weighted by atomic mass is 10.1. The molecule has 0 unspecified atom stereocenters. The molecule has 22 heavy (non-hydrogen) atoms. The van der Waals surface area contributed by atoms with Gasteiger partial charge >= 0.3 is 0 Å². The first-order valence-corrected chi connectivity index (χ1v) is 6.57. The SMILES string of the molecule is Cc1ccccc1Nc1c(C(N)=O)cnn2cc(N=O)cc12. The molecule has 0 aliphatic rings. The van der Waals surface area contributed by atoms with Gasteiger partial charge in [-0.25, -0.2) is 4.52 Å². The molecule has 2 aromatic heterocycles. The molecule has 0 saturated carbocycles. The molecule has 3 aromatic rings. The summed E-state index contributed by atoms with van der Waals surface area (Å²) in [6.07, 6.45) is 2.85. The number of para-hydroxylation sites is 1. The number of hydrogen-bond donors (Lipinski definition) is 2. The maximum atomic E-state index is 11.7. The number of carbonyl (C=O) groups excluding carboxylic acids is 1. The summed E-state index contributed by atoms with van der Waals surface area (Å²) in [7, 11) is 0. The van der Waals surface area contributed by atoms with E-state index < -0.39 is 5.91 Å². The second-order valence-corrected chi connectivity index (χ2v) is 4.86. The average Bonchev–Trinajstić information content (AvgIpc) is 2.93. The summed E-state index contributed by atoms with van der Waals surface area (Å²) in [6, 6.07) is 9.19. The Hall–Kier alpha value is -3.22. The predicted molar refractivity (Wildman–Crippen MR) is 83.6 cm³/mol. The fraction of sp³-hybridized carbons (Fsp3) is 0.0667. The number of hydrogen-bond acceptors (Lipinski definition) is 5. The Morgan fingerprint density at radius 3 is 2.82 bits per heavy atom. The van der Waals surface area contributed by atoms with E-state index in [9.17, 15) is 9.70 Å². The number of aromatic nitrogens is 2. The predicted octanol–water partition coefficient (Wildman–Crippen LogP) is 2.88. The molecule has 0 atom stereocenters. The maximum absolute atomic E-state index is 11.7. The van der Waals surface area contributed by atoms with Crippen molar-refractivity contribution in [3.8, 4) is 0 Å². The van der Waals surface area contributed by atoms with Gasteiger partial charge in [-0.1, -0.05) is 18.2 Å². The van der Waals surface area contributed by atoms with Gasteiger partial charge in [0.2, 0.25) is 0 Å². The van der Waals surface area contributed by atoms with Gasteiger partial charge in [0.25, 0.3) is 5.91 Å². The first-order chi connectivity index (χ1) is 10.6. The summed E-state index contributed by atoms with van der Waals surface area (Å²) < 4.78 is 1.48. The van der Waals surface area contributed by atoms with E-state index in [2.05, 4.69) is 15.6 Å². The molecule has 7 nitrogen and oxygen atoms in total. The molecule has 0 aliphatic carbocycles. The molecule has 0 saturated heterocycles. The molecular formula is C15H13N5O2. The van der Waals surface area contributed by atoms with Crippen LogP contribution in [0.2, 0.25) is 0 Å². The molecule has 0 bridgehead atoms. The Morgan fingerprint density at radius 2 is 2.14 bits per heavy atom. The highest BCUT2D eigenvalue weighted by Gasteiger charge is 2.16. The number of carbonyl (C=O) groups is 1. The fourth-order valence-electron chi connectivity index (χ4n) is 2.26. The van der Waals surface area contributed by atoms with E-state index in [0.717, 1.165) is 11.3 Å². The number of primary amides is 1. The third-order valence-corrected chi connectivity index (χ3v) is 3.40. The van der Waals surface area contributed by atoms with Crippen LogP contribution in [-0.2, 0) is 0 Å². The van der Waals surface area contributed by atoms with E-state index in [4.69, 9.17) is 5.73 Å². The van der Waals surface area contributed by atoms with Gasteiger partial charge in [-0.05, 0) is 29.8 Å². The molecule has 1 aromatic carbocycles. The van der Waals surface area contributed by atoms with Crippen LogP contribution in [0.25, 0.3) is 5.52 Å². The van der Waals surface area contributed by atoms with Crippen molar-refractivity contribution in [2.24, 2.45) is 10.9 Å². The van der Waals surface area contributed by atoms with Crippen LogP contribution in [0.5, 0.6) is 0 Å². The molecule has 2 heterocycles. The van der Waals surface area contributed by atoms with Gasteiger partial charge in [-0.15, -0.1) is 4.91 Å². The van der Waals surface area contributed by atoms with E-state index in [1.54, 1.807) is 6.07 Å². The zero-order valence-corrected chi connectivity index (χ0v) is 11.8. The number of nitrogens with two attached hydrogens (primary N) is 1. The topological polar surface area (TPSA) is 102 Å². The quantitative estimate of drug-likeness (QED) is 0.722. The smallest absolute Gasteiger partial charge is 0.252 e. The number of nitroso groups, excluding NO2 is 1. The van der Waals surface area contributed by atoms with E-state index in [1.165, 1.54) is 16.9 Å². The van der Waals surface area contributed by atoms with E-state index in [1.807, 2.05) is 31.2 Å².